The van der Waals surface area contributed by atoms with Gasteiger partial charge >= 0.3 is 0 Å². The van der Waals surface area contributed by atoms with Gasteiger partial charge in [-0.15, -0.1) is 0 Å². The van der Waals surface area contributed by atoms with Crippen molar-refractivity contribution in [3.63, 3.8) is 0 Å². The minimum Gasteiger partial charge on any atom is -0.367 e. The summed E-state index contributed by atoms with van der Waals surface area (Å²) in [5, 5.41) is 11.6. The van der Waals surface area contributed by atoms with Crippen molar-refractivity contribution in [2.45, 2.75) is 90.6 Å². The van der Waals surface area contributed by atoms with Crippen LogP contribution in [0.2, 0.25) is 0 Å². The van der Waals surface area contributed by atoms with Crippen molar-refractivity contribution >= 4 is 5.91 Å². The van der Waals surface area contributed by atoms with Gasteiger partial charge in [-0.25, -0.2) is 0 Å². The van der Waals surface area contributed by atoms with Gasteiger partial charge in [-0.05, 0) is 72.3 Å². The first-order valence-electron chi connectivity index (χ1n) is 10.3. The lowest BCUT2D eigenvalue weighted by Gasteiger charge is -2.35. The number of amides is 1. The fourth-order valence-electron chi connectivity index (χ4n) is 4.98. The highest BCUT2D eigenvalue weighted by molar-refractivity contribution is 5.82. The van der Waals surface area contributed by atoms with Crippen LogP contribution >= 0.6 is 0 Å². The number of rotatable bonds is 1. The summed E-state index contributed by atoms with van der Waals surface area (Å²) in [6, 6.07) is 0. The Morgan fingerprint density at radius 2 is 1.96 bits per heavy atom. The average molecular weight is 362 g/mol. The predicted molar refractivity (Wildman–Crippen MR) is 103 cm³/mol. The zero-order valence-corrected chi connectivity index (χ0v) is 17.0. The molecular weight excluding hydrogens is 326 g/mol. The van der Waals surface area contributed by atoms with Crippen LogP contribution in [-0.2, 0) is 9.53 Å². The van der Waals surface area contributed by atoms with Gasteiger partial charge in [0.05, 0.1) is 11.7 Å². The molecule has 1 amide bonds. The minimum atomic E-state index is -1.16. The molecule has 1 unspecified atom stereocenters. The van der Waals surface area contributed by atoms with Crippen LogP contribution in [-0.4, -0.2) is 39.9 Å². The van der Waals surface area contributed by atoms with Gasteiger partial charge in [0.15, 0.2) is 5.72 Å². The van der Waals surface area contributed by atoms with E-state index in [9.17, 15) is 9.90 Å². The Balaban J connectivity index is 1.90. The maximum Gasteiger partial charge on any atom is 0.228 e. The number of hydrogen-bond acceptors (Lipinski definition) is 3. The number of carbonyl (C=O) groups excluding carboxylic acids is 1. The van der Waals surface area contributed by atoms with Crippen LogP contribution in [0.3, 0.4) is 0 Å². The summed E-state index contributed by atoms with van der Waals surface area (Å²) in [5.74, 6) is -0.119. The predicted octanol–water partition coefficient (Wildman–Crippen LogP) is 4.19. The maximum atomic E-state index is 12.7. The second-order valence-corrected chi connectivity index (χ2v) is 8.84. The standard InChI is InChI=1S/C22H35NO3/c1-6-23-20(24)17(4)18-11-9-15(2)8-7-13-21(5)19(26-21)12-10-16(3)14-22(18,23)25/h8,14,17-19,25H,6-7,9-13H2,1-5H3/b15-8+,16-14+/t17?,18-,19-,21+,22+/m1/s1. The lowest BCUT2D eigenvalue weighted by Crippen LogP contribution is -2.48. The molecule has 4 nitrogen and oxygen atoms in total. The molecule has 26 heavy (non-hydrogen) atoms. The van der Waals surface area contributed by atoms with Crippen molar-refractivity contribution in [3.8, 4) is 0 Å². The van der Waals surface area contributed by atoms with E-state index in [0.717, 1.165) is 44.1 Å². The number of likely N-dealkylation sites (N-methyl/N-ethyl adjacent to an activating group) is 1. The summed E-state index contributed by atoms with van der Waals surface area (Å²) in [6.07, 6.45) is 10.4. The van der Waals surface area contributed by atoms with E-state index in [1.165, 1.54) is 5.57 Å². The van der Waals surface area contributed by atoms with Crippen LogP contribution in [0.15, 0.2) is 23.3 Å². The van der Waals surface area contributed by atoms with E-state index in [-0.39, 0.29) is 23.3 Å². The molecule has 5 atom stereocenters. The number of aliphatic hydroxyl groups is 1. The third-order valence-corrected chi connectivity index (χ3v) is 6.83. The molecule has 0 aromatic carbocycles. The Morgan fingerprint density at radius 3 is 2.65 bits per heavy atom. The van der Waals surface area contributed by atoms with Crippen molar-refractivity contribution in [2.75, 3.05) is 6.54 Å². The molecule has 2 aliphatic heterocycles. The molecule has 2 saturated heterocycles. The van der Waals surface area contributed by atoms with Gasteiger partial charge in [-0.1, -0.05) is 24.1 Å². The normalized spacial score (nSPS) is 45.7. The van der Waals surface area contributed by atoms with Crippen LogP contribution in [0.25, 0.3) is 0 Å². The summed E-state index contributed by atoms with van der Waals surface area (Å²) in [4.78, 5) is 14.4. The Hall–Kier alpha value is -1.13. The first-order chi connectivity index (χ1) is 12.2. The van der Waals surface area contributed by atoms with E-state index in [4.69, 9.17) is 4.74 Å². The van der Waals surface area contributed by atoms with E-state index in [1.54, 1.807) is 4.90 Å². The zero-order valence-electron chi connectivity index (χ0n) is 17.0. The number of likely N-dealkylation sites (tertiary alicyclic amines) is 1. The minimum absolute atomic E-state index is 0.0217. The summed E-state index contributed by atoms with van der Waals surface area (Å²) in [5.41, 5.74) is 1.36. The molecule has 2 fully saturated rings. The lowest BCUT2D eigenvalue weighted by molar-refractivity contribution is -0.141. The number of hydrogen-bond donors (Lipinski definition) is 1. The van der Waals surface area contributed by atoms with E-state index in [2.05, 4.69) is 26.8 Å². The molecule has 3 rings (SSSR count). The topological polar surface area (TPSA) is 53.1 Å². The fraction of sp³-hybridized carbons (Fsp3) is 0.773. The Kier molecular flexibility index (Phi) is 5.38. The maximum absolute atomic E-state index is 12.7. The molecule has 146 valence electrons. The van der Waals surface area contributed by atoms with Gasteiger partial charge in [0, 0.05) is 18.4 Å². The molecule has 3 aliphatic rings. The molecule has 1 N–H and O–H groups in total. The molecular formula is C22H35NO3. The smallest absolute Gasteiger partial charge is 0.228 e. The van der Waals surface area contributed by atoms with Crippen LogP contribution < -0.4 is 0 Å². The van der Waals surface area contributed by atoms with Crippen molar-refractivity contribution in [2.24, 2.45) is 11.8 Å². The van der Waals surface area contributed by atoms with Crippen molar-refractivity contribution in [1.29, 1.82) is 0 Å². The summed E-state index contributed by atoms with van der Waals surface area (Å²) in [6.45, 7) is 10.9. The van der Waals surface area contributed by atoms with Gasteiger partial charge < -0.3 is 14.7 Å². The Bertz CT molecular complexity index is 625. The average Bonchev–Trinajstić information content (AvgIpc) is 3.17. The molecule has 2 heterocycles. The van der Waals surface area contributed by atoms with Gasteiger partial charge in [-0.3, -0.25) is 4.79 Å². The fourth-order valence-corrected chi connectivity index (χ4v) is 4.98. The second-order valence-electron chi connectivity index (χ2n) is 8.84. The molecule has 0 aromatic rings. The van der Waals surface area contributed by atoms with Crippen molar-refractivity contribution in [1.82, 2.24) is 4.90 Å². The van der Waals surface area contributed by atoms with Crippen LogP contribution in [0.1, 0.15) is 73.1 Å². The van der Waals surface area contributed by atoms with E-state index in [1.807, 2.05) is 19.9 Å². The highest BCUT2D eigenvalue weighted by Crippen LogP contribution is 2.46. The van der Waals surface area contributed by atoms with Crippen LogP contribution in [0.4, 0.5) is 0 Å². The molecule has 0 radical (unpaired) electrons. The summed E-state index contributed by atoms with van der Waals surface area (Å²) in [7, 11) is 0. The third kappa shape index (κ3) is 3.50. The highest BCUT2D eigenvalue weighted by Gasteiger charge is 2.54. The van der Waals surface area contributed by atoms with Crippen LogP contribution in [0.5, 0.6) is 0 Å². The third-order valence-electron chi connectivity index (χ3n) is 6.83. The first-order valence-corrected chi connectivity index (χ1v) is 10.3. The first kappa shape index (κ1) is 19.6. The Morgan fingerprint density at radius 1 is 1.27 bits per heavy atom. The molecule has 4 heteroatoms. The van der Waals surface area contributed by atoms with Crippen LogP contribution in [0, 0.1) is 11.8 Å². The SMILES string of the molecule is CCN1C(=O)C(C)[C@H]2CC/C(C)=C/CC[C@]3(C)O[C@@H]3CC/C(C)=C/[C@]21O. The van der Waals surface area contributed by atoms with Gasteiger partial charge in [0.1, 0.15) is 0 Å². The molecule has 0 spiro atoms. The summed E-state index contributed by atoms with van der Waals surface area (Å²) < 4.78 is 5.97. The van der Waals surface area contributed by atoms with Gasteiger partial charge in [-0.2, -0.15) is 0 Å². The number of carbonyl (C=O) groups is 1. The van der Waals surface area contributed by atoms with E-state index >= 15 is 0 Å². The van der Waals surface area contributed by atoms with Crippen molar-refractivity contribution < 1.29 is 14.6 Å². The molecule has 0 aromatic heterocycles. The van der Waals surface area contributed by atoms with Gasteiger partial charge in [0.2, 0.25) is 5.91 Å². The lowest BCUT2D eigenvalue weighted by atomic mass is 9.82. The largest absolute Gasteiger partial charge is 0.367 e. The number of ether oxygens (including phenoxy) is 1. The Labute approximate surface area is 158 Å². The monoisotopic (exact) mass is 361 g/mol. The van der Waals surface area contributed by atoms with E-state index in [0.29, 0.717) is 12.6 Å². The highest BCUT2D eigenvalue weighted by atomic mass is 16.6. The quantitative estimate of drug-likeness (QED) is 0.563. The molecule has 0 bridgehead atoms. The number of epoxide rings is 1. The molecule has 1 aliphatic carbocycles. The second kappa shape index (κ2) is 7.12. The van der Waals surface area contributed by atoms with Gasteiger partial charge in [0.25, 0.3) is 0 Å². The number of nitrogens with zero attached hydrogens (tertiary/aromatic N) is 1. The van der Waals surface area contributed by atoms with Crippen molar-refractivity contribution in [3.05, 3.63) is 23.3 Å². The number of allylic oxidation sites excluding steroid dienone is 3. The van der Waals surface area contributed by atoms with E-state index < -0.39 is 5.72 Å². The number of fused-ring (bicyclic) bond motifs is 2. The summed E-state index contributed by atoms with van der Waals surface area (Å²) >= 11 is 0. The molecule has 0 saturated carbocycles. The zero-order chi connectivity index (χ0) is 19.1.